The normalized spacial score (nSPS) is 13.3. The first-order chi connectivity index (χ1) is 15.0. The molecule has 3 aromatic heterocycles. The van der Waals surface area contributed by atoms with Crippen LogP contribution in [0.5, 0.6) is 5.88 Å². The Morgan fingerprint density at radius 2 is 2.06 bits per heavy atom. The van der Waals surface area contributed by atoms with Gasteiger partial charge >= 0.3 is 0 Å². The van der Waals surface area contributed by atoms with Gasteiger partial charge in [0.15, 0.2) is 5.65 Å². The summed E-state index contributed by atoms with van der Waals surface area (Å²) in [4.78, 5) is 36.4. The van der Waals surface area contributed by atoms with E-state index in [9.17, 15) is 9.59 Å². The lowest BCUT2D eigenvalue weighted by Gasteiger charge is -2.27. The minimum Gasteiger partial charge on any atom is -0.481 e. The van der Waals surface area contributed by atoms with E-state index in [-0.39, 0.29) is 18.0 Å². The van der Waals surface area contributed by atoms with Gasteiger partial charge in [-0.05, 0) is 18.6 Å². The summed E-state index contributed by atoms with van der Waals surface area (Å²) in [6.07, 6.45) is 1.92. The Bertz CT molecular complexity index is 1360. The summed E-state index contributed by atoms with van der Waals surface area (Å²) < 4.78 is 6.47. The van der Waals surface area contributed by atoms with Crippen molar-refractivity contribution in [3.63, 3.8) is 0 Å². The van der Waals surface area contributed by atoms with Crippen molar-refractivity contribution >= 4 is 23.2 Å². The monoisotopic (exact) mass is 435 g/mol. The number of aromatic amines is 1. The molecule has 0 radical (unpaired) electrons. The average molecular weight is 436 g/mol. The van der Waals surface area contributed by atoms with E-state index in [2.05, 4.69) is 15.1 Å². The number of ether oxygens (including phenoxy) is 1. The Hall–Kier alpha value is -3.65. The lowest BCUT2D eigenvalue weighted by molar-refractivity contribution is 0.0731. The Balaban J connectivity index is 1.49. The zero-order chi connectivity index (χ0) is 21.5. The van der Waals surface area contributed by atoms with Gasteiger partial charge in [0.05, 0.1) is 30.6 Å². The van der Waals surface area contributed by atoms with Crippen LogP contribution in [-0.4, -0.2) is 44.0 Å². The van der Waals surface area contributed by atoms with Crippen LogP contribution in [0.25, 0.3) is 16.9 Å². The number of benzene rings is 1. The van der Waals surface area contributed by atoms with Gasteiger partial charge in [0.2, 0.25) is 5.88 Å². The van der Waals surface area contributed by atoms with E-state index in [1.54, 1.807) is 29.2 Å². The maximum absolute atomic E-state index is 13.1. The number of nitrogens with one attached hydrogen (secondary N) is 1. The number of carbonyl (C=O) groups excluding carboxylic acids is 1. The molecule has 4 heterocycles. The van der Waals surface area contributed by atoms with Gasteiger partial charge in [-0.25, -0.2) is 14.5 Å². The lowest BCUT2D eigenvalue weighted by atomic mass is 10.1. The number of hydrogen-bond acceptors (Lipinski definition) is 5. The lowest BCUT2D eigenvalue weighted by Crippen LogP contribution is -2.39. The van der Waals surface area contributed by atoms with Crippen molar-refractivity contribution in [2.45, 2.75) is 13.0 Å². The standard InChI is InChI=1S/C22H18ClN5O3/c1-31-20-7-6-13(11-24-20)21(29)27-9-8-15-18(12-27)25-19-10-17(26-28(19)22(15)30)14-4-2-3-5-16(14)23/h2-7,10-11,26H,8-9,12H2,1H3. The third-order valence-electron chi connectivity index (χ3n) is 5.41. The Morgan fingerprint density at radius 1 is 1.23 bits per heavy atom. The van der Waals surface area contributed by atoms with Gasteiger partial charge in [-0.15, -0.1) is 0 Å². The number of nitrogens with zero attached hydrogens (tertiary/aromatic N) is 4. The quantitative estimate of drug-likeness (QED) is 0.534. The van der Waals surface area contributed by atoms with E-state index in [0.29, 0.717) is 52.0 Å². The number of halogens is 1. The maximum atomic E-state index is 13.1. The highest BCUT2D eigenvalue weighted by Gasteiger charge is 2.26. The van der Waals surface area contributed by atoms with Crippen LogP contribution >= 0.6 is 11.6 Å². The largest absolute Gasteiger partial charge is 0.481 e. The number of aromatic nitrogens is 4. The van der Waals surface area contributed by atoms with E-state index < -0.39 is 0 Å². The molecule has 156 valence electrons. The van der Waals surface area contributed by atoms with Gasteiger partial charge in [-0.2, -0.15) is 0 Å². The van der Waals surface area contributed by atoms with E-state index >= 15 is 0 Å². The van der Waals surface area contributed by atoms with Gasteiger partial charge in [0.1, 0.15) is 0 Å². The molecule has 0 fully saturated rings. The summed E-state index contributed by atoms with van der Waals surface area (Å²) in [6, 6.07) is 12.5. The summed E-state index contributed by atoms with van der Waals surface area (Å²) in [5, 5.41) is 3.68. The summed E-state index contributed by atoms with van der Waals surface area (Å²) in [5.74, 6) is 0.285. The highest BCUT2D eigenvalue weighted by molar-refractivity contribution is 6.33. The number of rotatable bonds is 3. The third kappa shape index (κ3) is 3.34. The smallest absolute Gasteiger partial charge is 0.276 e. The third-order valence-corrected chi connectivity index (χ3v) is 5.74. The van der Waals surface area contributed by atoms with Gasteiger partial charge in [0.25, 0.3) is 11.5 Å². The zero-order valence-electron chi connectivity index (χ0n) is 16.6. The van der Waals surface area contributed by atoms with Gasteiger partial charge in [0, 0.05) is 41.0 Å². The molecule has 0 saturated heterocycles. The number of fused-ring (bicyclic) bond motifs is 2. The SMILES string of the molecule is COc1ccc(C(=O)N2CCc3c(nc4cc(-c5ccccc5Cl)[nH]n4c3=O)C2)cn1. The first-order valence-electron chi connectivity index (χ1n) is 9.73. The molecule has 1 N–H and O–H groups in total. The van der Waals surface area contributed by atoms with Gasteiger partial charge in [-0.3, -0.25) is 14.7 Å². The van der Waals surface area contributed by atoms with Crippen molar-refractivity contribution in [1.82, 2.24) is 24.5 Å². The first kappa shape index (κ1) is 19.3. The second kappa shape index (κ2) is 7.55. The minimum atomic E-state index is -0.159. The van der Waals surface area contributed by atoms with Crippen molar-refractivity contribution in [3.8, 4) is 17.1 Å². The minimum absolute atomic E-state index is 0.156. The van der Waals surface area contributed by atoms with Crippen molar-refractivity contribution in [1.29, 1.82) is 0 Å². The topological polar surface area (TPSA) is 92.6 Å². The molecule has 5 rings (SSSR count). The molecule has 0 bridgehead atoms. The molecular formula is C22H18ClN5O3. The molecule has 0 unspecified atom stereocenters. The fourth-order valence-electron chi connectivity index (χ4n) is 3.79. The van der Waals surface area contributed by atoms with Crippen molar-refractivity contribution in [2.75, 3.05) is 13.7 Å². The summed E-state index contributed by atoms with van der Waals surface area (Å²) >= 11 is 6.30. The molecule has 0 aliphatic carbocycles. The van der Waals surface area contributed by atoms with Crippen molar-refractivity contribution < 1.29 is 9.53 Å². The van der Waals surface area contributed by atoms with Crippen LogP contribution in [0.1, 0.15) is 21.6 Å². The molecule has 8 nitrogen and oxygen atoms in total. The van der Waals surface area contributed by atoms with Gasteiger partial charge < -0.3 is 9.64 Å². The van der Waals surface area contributed by atoms with E-state index in [4.69, 9.17) is 16.3 Å². The Kier molecular flexibility index (Phi) is 4.71. The van der Waals surface area contributed by atoms with Crippen LogP contribution in [-0.2, 0) is 13.0 Å². The average Bonchev–Trinajstić information content (AvgIpc) is 3.23. The summed E-state index contributed by atoms with van der Waals surface area (Å²) in [7, 11) is 1.52. The summed E-state index contributed by atoms with van der Waals surface area (Å²) in [6.45, 7) is 0.692. The molecule has 1 aliphatic rings. The molecule has 1 aromatic carbocycles. The highest BCUT2D eigenvalue weighted by Crippen LogP contribution is 2.27. The zero-order valence-corrected chi connectivity index (χ0v) is 17.4. The molecule has 1 amide bonds. The molecule has 0 atom stereocenters. The van der Waals surface area contributed by atoms with Crippen LogP contribution in [0.3, 0.4) is 0 Å². The fraction of sp³-hybridized carbons (Fsp3) is 0.182. The molecular weight excluding hydrogens is 418 g/mol. The van der Waals surface area contributed by atoms with Gasteiger partial charge in [-0.1, -0.05) is 29.8 Å². The number of hydrogen-bond donors (Lipinski definition) is 1. The predicted octanol–water partition coefficient (Wildman–Crippen LogP) is 2.95. The van der Waals surface area contributed by atoms with E-state index in [1.165, 1.54) is 17.8 Å². The number of H-pyrrole nitrogens is 1. The molecule has 0 spiro atoms. The van der Waals surface area contributed by atoms with Crippen LogP contribution in [0.2, 0.25) is 5.02 Å². The van der Waals surface area contributed by atoms with E-state index in [1.807, 2.05) is 18.2 Å². The number of amides is 1. The predicted molar refractivity (Wildman–Crippen MR) is 115 cm³/mol. The number of carbonyl (C=O) groups is 1. The summed E-state index contributed by atoms with van der Waals surface area (Å²) in [5.41, 5.74) is 3.50. The Labute approximate surface area is 182 Å². The molecule has 31 heavy (non-hydrogen) atoms. The second-order valence-corrected chi connectivity index (χ2v) is 7.66. The number of pyridine rings is 1. The second-order valence-electron chi connectivity index (χ2n) is 7.25. The molecule has 0 saturated carbocycles. The van der Waals surface area contributed by atoms with Crippen LogP contribution in [0.15, 0.2) is 53.5 Å². The fourth-order valence-corrected chi connectivity index (χ4v) is 4.03. The molecule has 4 aromatic rings. The van der Waals surface area contributed by atoms with Crippen LogP contribution in [0, 0.1) is 0 Å². The highest BCUT2D eigenvalue weighted by atomic mass is 35.5. The number of methoxy groups -OCH3 is 1. The van der Waals surface area contributed by atoms with Crippen LogP contribution in [0.4, 0.5) is 0 Å². The van der Waals surface area contributed by atoms with Crippen LogP contribution < -0.4 is 10.3 Å². The van der Waals surface area contributed by atoms with Crippen molar-refractivity contribution in [2.24, 2.45) is 0 Å². The molecule has 9 heteroatoms. The van der Waals surface area contributed by atoms with E-state index in [0.717, 1.165) is 5.56 Å². The molecule has 1 aliphatic heterocycles. The van der Waals surface area contributed by atoms with Crippen molar-refractivity contribution in [3.05, 3.63) is 80.9 Å². The first-order valence-corrected chi connectivity index (χ1v) is 10.1. The maximum Gasteiger partial charge on any atom is 0.276 e. The Morgan fingerprint density at radius 3 is 2.81 bits per heavy atom.